The second-order valence-corrected chi connectivity index (χ2v) is 36.6. The fourth-order valence-corrected chi connectivity index (χ4v) is 16.3. The number of nitrogens with zero attached hydrogens (tertiary/aromatic N) is 2. The molecule has 42 heteroatoms. The van der Waals surface area contributed by atoms with Crippen molar-refractivity contribution in [2.24, 2.45) is 35.0 Å². The third kappa shape index (κ3) is 33.5. The molecule has 0 unspecified atom stereocenters. The van der Waals surface area contributed by atoms with E-state index >= 15 is 43.2 Å². The lowest BCUT2D eigenvalue weighted by molar-refractivity contribution is -0.148. The highest BCUT2D eigenvalue weighted by Gasteiger charge is 2.42. The van der Waals surface area contributed by atoms with Gasteiger partial charge in [0.1, 0.15) is 96.4 Å². The Morgan fingerprint density at radius 2 is 0.914 bits per heavy atom. The molecule has 0 radical (unpaired) electrons. The van der Waals surface area contributed by atoms with Gasteiger partial charge in [-0.15, -0.1) is 11.8 Å². The molecule has 0 aliphatic carbocycles. The molecule has 25 N–H and O–H groups in total. The highest BCUT2D eigenvalue weighted by Crippen LogP contribution is 2.25. The number of hydrogen-bond donors (Lipinski definition) is 22. The predicted octanol–water partition coefficient (Wildman–Crippen LogP) is -0.671. The number of nitrogens with two attached hydrogens (primary N) is 3. The number of carboxylic acids is 1. The van der Waals surface area contributed by atoms with Gasteiger partial charge in [0.15, 0.2) is 5.96 Å². The molecule has 752 valence electrons. The number of thioether (sulfide) groups is 1. The van der Waals surface area contributed by atoms with Crippen LogP contribution in [-0.2, 0) is 114 Å². The molecule has 2 heterocycles. The average Bonchev–Trinajstić information content (AvgIpc) is 1.57. The number of phenolic OH excluding ortho intramolecular Hbond substituents is 1. The number of amides is 16. The number of carbonyl (C=O) groups excluding carboxylic acids is 16. The number of likely N-dealkylation sites (N-methyl/N-ethyl adjacent to an activating group) is 2. The number of H-pyrrole nitrogens is 1. The SMILES string of the molecule is CC(C)C[C@@H]1NC(=O)[C@H](CN)NC(=O)[C@H](Cc2ccccc2)N(C)C(=O)[C@H](C)N(C)C(=O)[C@H](CCCNC(=N)N)NC(=O)[C@H](Cc2ccc(-c3ccccc3)cc2)NC(=O)[C@H](C(C)C)NC(=O)[C@H](Cc2c[nH]c3ccccc23)NC(=O)[C@H](CC(=O)O)NC(=O)[C@H](Cc2ccc(O)cc2)NC(=O)[C@H](Cc2ccccc2)NC(=O)CSC[C@@H](C(=O)N[C@@H](C)C(N)=O)NC(=O)[C@H](CO)NC(=O)[C@H](C(C)C)NC1=O. The van der Waals surface area contributed by atoms with E-state index in [0.29, 0.717) is 44.9 Å². The highest BCUT2D eigenvalue weighted by molar-refractivity contribution is 8.00. The maximum absolute atomic E-state index is 15.6. The van der Waals surface area contributed by atoms with Crippen LogP contribution in [0.2, 0.25) is 0 Å². The van der Waals surface area contributed by atoms with Crippen LogP contribution in [0, 0.1) is 23.2 Å². The van der Waals surface area contributed by atoms with Crippen molar-refractivity contribution < 1.29 is 96.8 Å². The molecule has 41 nitrogen and oxygen atoms in total. The summed E-state index contributed by atoms with van der Waals surface area (Å²) in [6.45, 7) is 10.5. The number of aromatic amines is 1. The van der Waals surface area contributed by atoms with Gasteiger partial charge in [0, 0.05) is 82.1 Å². The number of aromatic hydroxyl groups is 1. The Bertz CT molecular complexity index is 5490. The Balaban J connectivity index is 1.22. The Morgan fingerprint density at radius 1 is 0.479 bits per heavy atom. The Labute approximate surface area is 815 Å². The zero-order chi connectivity index (χ0) is 103. The number of carbonyl (C=O) groups is 17. The maximum Gasteiger partial charge on any atom is 0.305 e. The minimum Gasteiger partial charge on any atom is -0.508 e. The number of phenols is 1. The van der Waals surface area contributed by atoms with Gasteiger partial charge in [-0.05, 0) is 108 Å². The van der Waals surface area contributed by atoms with E-state index in [9.17, 15) is 53.7 Å². The molecule has 7 aromatic rings. The molecule has 0 bridgehead atoms. The van der Waals surface area contributed by atoms with E-state index in [0.717, 1.165) is 20.9 Å². The van der Waals surface area contributed by atoms with Gasteiger partial charge in [0.05, 0.1) is 18.8 Å². The number of aliphatic hydroxyl groups is 1. The van der Waals surface area contributed by atoms with E-state index in [1.54, 1.807) is 143 Å². The Hall–Kier alpha value is -14.8. The number of carboxylic acid groups (broad SMARTS) is 1. The van der Waals surface area contributed by atoms with Gasteiger partial charge < -0.3 is 122 Å². The van der Waals surface area contributed by atoms with E-state index in [2.05, 4.69) is 79.4 Å². The van der Waals surface area contributed by atoms with Gasteiger partial charge in [-0.25, -0.2) is 0 Å². The van der Waals surface area contributed by atoms with E-state index < -0.39 is 246 Å². The number of nitrogens with one attached hydrogen (secondary N) is 16. The molecule has 1 aliphatic rings. The monoisotopic (exact) mass is 1950 g/mol. The lowest BCUT2D eigenvalue weighted by atomic mass is 9.98. The maximum atomic E-state index is 15.6. The summed E-state index contributed by atoms with van der Waals surface area (Å²) in [5, 5.41) is 76.6. The molecule has 1 saturated heterocycles. The molecule has 1 aromatic heterocycles. The number of rotatable bonds is 26. The minimum atomic E-state index is -2.08. The van der Waals surface area contributed by atoms with Gasteiger partial charge in [0.2, 0.25) is 94.5 Å². The molecule has 15 atom stereocenters. The number of fused-ring (bicyclic) bond motifs is 1. The molecule has 8 rings (SSSR count). The largest absolute Gasteiger partial charge is 0.508 e. The second kappa shape index (κ2) is 53.8. The topological polar surface area (TPSA) is 643 Å². The fourth-order valence-electron chi connectivity index (χ4n) is 15.4. The first-order valence-corrected chi connectivity index (χ1v) is 47.2. The first-order chi connectivity index (χ1) is 66.5. The second-order valence-electron chi connectivity index (χ2n) is 35.6. The summed E-state index contributed by atoms with van der Waals surface area (Å²) in [7, 11) is 2.57. The molecule has 6 aromatic carbocycles. The summed E-state index contributed by atoms with van der Waals surface area (Å²) >= 11 is 0.710. The van der Waals surface area contributed by atoms with Crippen LogP contribution in [-0.4, -0.2) is 272 Å². The quantitative estimate of drug-likeness (QED) is 0.0182. The molecule has 140 heavy (non-hydrogen) atoms. The van der Waals surface area contributed by atoms with Crippen LogP contribution in [0.15, 0.2) is 170 Å². The van der Waals surface area contributed by atoms with Crippen molar-refractivity contribution in [3.63, 3.8) is 0 Å². The van der Waals surface area contributed by atoms with Crippen LogP contribution >= 0.6 is 11.8 Å². The number of aromatic nitrogens is 1. The van der Waals surface area contributed by atoms with Gasteiger partial charge in [-0.3, -0.25) is 86.9 Å². The van der Waals surface area contributed by atoms with Crippen molar-refractivity contribution in [3.8, 4) is 16.9 Å². The number of primary amides is 1. The molecule has 1 aliphatic heterocycles. The van der Waals surface area contributed by atoms with Crippen molar-refractivity contribution in [2.45, 2.75) is 204 Å². The van der Waals surface area contributed by atoms with Crippen LogP contribution in [0.25, 0.3) is 22.0 Å². The zero-order valence-electron chi connectivity index (χ0n) is 79.8. The summed E-state index contributed by atoms with van der Waals surface area (Å²) in [4.78, 5) is 255. The van der Waals surface area contributed by atoms with Crippen LogP contribution in [0.4, 0.5) is 0 Å². The lowest BCUT2D eigenvalue weighted by Crippen LogP contribution is -2.62. The Morgan fingerprint density at radius 3 is 1.44 bits per heavy atom. The van der Waals surface area contributed by atoms with E-state index in [1.807, 2.05) is 30.3 Å². The standard InChI is InChI=1S/C98H129N21O20S/c1-53(2)41-69-88(130)116-82(55(5)6)95(137)114-76(50-120)91(133)115-77(92(134)105-56(7)83(100)125)51-140-52-79(122)106-70(42-58-23-14-11-15-24-58)84(126)109-71(44-61-34-38-65(121)39-35-61)86(128)111-74(47-80(123)124)87(129)110-73(46-64-49-104-67-30-21-20-29-66(64)67)89(131)117-81(54(3)4)94(136)112-72(43-60-32-36-63(37-33-60)62-27-18-13-19-28-62)85(127)107-68(31-22-40-103-98(101)102)97(139)118(9)57(8)96(138)119(10)78(45-59-25-16-12-17-26-59)93(135)113-75(48-99)90(132)108-69/h11-21,23-30,32-39,49,53-57,68-78,81-82,104,120-121H,22,31,40-48,50-52,99H2,1-10H3,(H2,100,125)(H,105,134)(H,106,122)(H,107,127)(H,108,132)(H,109,126)(H,110,129)(H,111,128)(H,112,136)(H,113,135)(H,114,137)(H,115,133)(H,116,130)(H,117,131)(H,123,124)(H4,101,102,103)/t56-,57-,68-,69-,70-,71-,72-,73-,74-,75-,76-,77-,78-,81-,82-/m0/s1. The van der Waals surface area contributed by atoms with Crippen molar-refractivity contribution >= 4 is 129 Å². The molecule has 0 spiro atoms. The van der Waals surface area contributed by atoms with Crippen LogP contribution < -0.4 is 91.6 Å². The first kappa shape index (κ1) is 110. The summed E-state index contributed by atoms with van der Waals surface area (Å²) in [5.74, 6) is -21.6. The Kier molecular flexibility index (Phi) is 42.5. The predicted molar refractivity (Wildman–Crippen MR) is 522 cm³/mol. The van der Waals surface area contributed by atoms with E-state index in [4.69, 9.17) is 22.6 Å². The number of aliphatic carboxylic acids is 1. The summed E-state index contributed by atoms with van der Waals surface area (Å²) in [6, 6.07) is 20.8. The van der Waals surface area contributed by atoms with Crippen LogP contribution in [0.3, 0.4) is 0 Å². The number of benzene rings is 6. The average molecular weight is 1950 g/mol. The number of hydrogen-bond acceptors (Lipinski definition) is 22. The molecular weight excluding hydrogens is 1820 g/mol. The zero-order valence-corrected chi connectivity index (χ0v) is 80.6. The smallest absolute Gasteiger partial charge is 0.305 e. The minimum absolute atomic E-state index is 0.0115. The van der Waals surface area contributed by atoms with Crippen LogP contribution in [0.1, 0.15) is 109 Å². The first-order valence-electron chi connectivity index (χ1n) is 46.0. The van der Waals surface area contributed by atoms with Gasteiger partial charge in [-0.1, -0.05) is 187 Å². The summed E-state index contributed by atoms with van der Waals surface area (Å²) in [5.41, 5.74) is 21.9. The molecule has 1 fully saturated rings. The van der Waals surface area contributed by atoms with Crippen molar-refractivity contribution in [3.05, 3.63) is 198 Å². The molecular formula is C98H129N21O20S. The van der Waals surface area contributed by atoms with Crippen LogP contribution in [0.5, 0.6) is 5.75 Å². The number of aliphatic hydroxyl groups excluding tert-OH is 1. The van der Waals surface area contributed by atoms with Crippen molar-refractivity contribution in [1.29, 1.82) is 5.41 Å². The summed E-state index contributed by atoms with van der Waals surface area (Å²) < 4.78 is 0. The summed E-state index contributed by atoms with van der Waals surface area (Å²) in [6.07, 6.45) is -1.41. The van der Waals surface area contributed by atoms with Crippen molar-refractivity contribution in [1.82, 2.24) is 89.2 Å². The fraction of sp³-hybridized carbons (Fsp3) is 0.429. The molecule has 0 saturated carbocycles. The third-order valence-electron chi connectivity index (χ3n) is 23.6. The van der Waals surface area contributed by atoms with E-state index in [-0.39, 0.29) is 68.7 Å². The number of para-hydroxylation sites is 1. The van der Waals surface area contributed by atoms with Gasteiger partial charge in [-0.2, -0.15) is 0 Å². The lowest BCUT2D eigenvalue weighted by Gasteiger charge is -2.35. The van der Waals surface area contributed by atoms with E-state index in [1.165, 1.54) is 66.1 Å². The third-order valence-corrected chi connectivity index (χ3v) is 24.6. The normalized spacial score (nSPS) is 22.9. The van der Waals surface area contributed by atoms with Gasteiger partial charge in [0.25, 0.3) is 0 Å². The van der Waals surface area contributed by atoms with Gasteiger partial charge >= 0.3 is 5.97 Å². The highest BCUT2D eigenvalue weighted by atomic mass is 32.2. The van der Waals surface area contributed by atoms with Crippen molar-refractivity contribution in [2.75, 3.05) is 45.3 Å². The number of guanidine groups is 1. The molecule has 16 amide bonds.